The van der Waals surface area contributed by atoms with Crippen LogP contribution in [0.4, 0.5) is 17.3 Å². The van der Waals surface area contributed by atoms with E-state index in [1.54, 1.807) is 24.5 Å². The number of fused-ring (bicyclic) bond motifs is 1. The van der Waals surface area contributed by atoms with Crippen LogP contribution in [0.5, 0.6) is 0 Å². The van der Waals surface area contributed by atoms with Gasteiger partial charge in [0.1, 0.15) is 11.6 Å². The van der Waals surface area contributed by atoms with Crippen LogP contribution in [0.1, 0.15) is 17.3 Å². The van der Waals surface area contributed by atoms with Gasteiger partial charge in [0, 0.05) is 35.2 Å². The molecule has 0 aliphatic carbocycles. The SMILES string of the molecule is CC(=O)SCC(=O)c1ccc(NSc2ccc3nc(Nc4cccnc4)ccc3c2)nc1. The molecule has 4 rings (SSSR count). The number of hydrogen-bond acceptors (Lipinski definition) is 9. The maximum Gasteiger partial charge on any atom is 0.186 e. The van der Waals surface area contributed by atoms with Crippen LogP contribution in [-0.2, 0) is 4.79 Å². The first kappa shape index (κ1) is 21.8. The van der Waals surface area contributed by atoms with Gasteiger partial charge in [-0.25, -0.2) is 9.97 Å². The van der Waals surface area contributed by atoms with Crippen LogP contribution in [0.2, 0.25) is 0 Å². The highest BCUT2D eigenvalue weighted by Crippen LogP contribution is 2.25. The van der Waals surface area contributed by atoms with Crippen LogP contribution in [-0.4, -0.2) is 31.6 Å². The average Bonchev–Trinajstić information content (AvgIpc) is 2.82. The van der Waals surface area contributed by atoms with E-state index in [0.29, 0.717) is 11.4 Å². The van der Waals surface area contributed by atoms with E-state index in [1.807, 2.05) is 42.5 Å². The monoisotopic (exact) mass is 461 g/mol. The molecule has 32 heavy (non-hydrogen) atoms. The Morgan fingerprint density at radius 1 is 1.00 bits per heavy atom. The molecule has 0 saturated carbocycles. The molecule has 0 saturated heterocycles. The number of ketones is 1. The van der Waals surface area contributed by atoms with E-state index in [9.17, 15) is 9.59 Å². The molecule has 0 aliphatic heterocycles. The summed E-state index contributed by atoms with van der Waals surface area (Å²) in [6.45, 7) is 1.45. The predicted octanol–water partition coefficient (Wildman–Crippen LogP) is 5.35. The maximum absolute atomic E-state index is 12.0. The number of aromatic nitrogens is 3. The number of nitrogens with zero attached hydrogens (tertiary/aromatic N) is 3. The average molecular weight is 462 g/mol. The van der Waals surface area contributed by atoms with Crippen molar-refractivity contribution < 1.29 is 9.59 Å². The van der Waals surface area contributed by atoms with E-state index in [-0.39, 0.29) is 16.7 Å². The van der Waals surface area contributed by atoms with Crippen LogP contribution in [0, 0.1) is 0 Å². The van der Waals surface area contributed by atoms with Gasteiger partial charge < -0.3 is 10.0 Å². The molecule has 1 aromatic carbocycles. The highest BCUT2D eigenvalue weighted by atomic mass is 32.2. The Morgan fingerprint density at radius 2 is 1.88 bits per heavy atom. The molecule has 160 valence electrons. The van der Waals surface area contributed by atoms with Crippen LogP contribution in [0.25, 0.3) is 10.9 Å². The predicted molar refractivity (Wildman–Crippen MR) is 130 cm³/mol. The molecule has 4 aromatic rings. The summed E-state index contributed by atoms with van der Waals surface area (Å²) in [5.74, 6) is 1.41. The number of nitrogens with one attached hydrogen (secondary N) is 2. The minimum Gasteiger partial charge on any atom is -0.339 e. The molecule has 7 nitrogen and oxygen atoms in total. The molecule has 3 aromatic heterocycles. The number of carbonyl (C=O) groups excluding carboxylic acids is 2. The van der Waals surface area contributed by atoms with E-state index in [4.69, 9.17) is 0 Å². The second kappa shape index (κ2) is 10.3. The van der Waals surface area contributed by atoms with Crippen LogP contribution < -0.4 is 10.0 Å². The van der Waals surface area contributed by atoms with Crippen LogP contribution in [0.15, 0.2) is 78.1 Å². The van der Waals surface area contributed by atoms with Gasteiger partial charge >= 0.3 is 0 Å². The van der Waals surface area contributed by atoms with Crippen LogP contribution >= 0.6 is 23.7 Å². The fourth-order valence-electron chi connectivity index (χ4n) is 2.80. The molecule has 0 amide bonds. The zero-order valence-corrected chi connectivity index (χ0v) is 18.7. The molecule has 0 bridgehead atoms. The Hall–Kier alpha value is -3.43. The Balaban J connectivity index is 1.37. The molecule has 0 radical (unpaired) electrons. The number of thioether (sulfide) groups is 1. The van der Waals surface area contributed by atoms with Crippen molar-refractivity contribution >= 4 is 62.8 Å². The van der Waals surface area contributed by atoms with Crippen molar-refractivity contribution in [1.29, 1.82) is 0 Å². The number of benzene rings is 1. The number of pyridine rings is 3. The van der Waals surface area contributed by atoms with E-state index in [0.717, 1.165) is 39.1 Å². The Kier molecular flexibility index (Phi) is 6.98. The molecular formula is C23H19N5O2S2. The van der Waals surface area contributed by atoms with Gasteiger partial charge in [-0.05, 0) is 66.5 Å². The van der Waals surface area contributed by atoms with Crippen molar-refractivity contribution in [3.63, 3.8) is 0 Å². The highest BCUT2D eigenvalue weighted by Gasteiger charge is 2.09. The zero-order valence-electron chi connectivity index (χ0n) is 17.1. The van der Waals surface area contributed by atoms with Crippen molar-refractivity contribution in [2.45, 2.75) is 11.8 Å². The standard InChI is InChI=1S/C23H19N5O2S2/c1-15(29)31-14-21(30)17-5-8-22(25-12-17)28-32-19-6-7-20-16(11-19)4-9-23(27-20)26-18-3-2-10-24-13-18/h2-13H,14H2,1H3,(H,25,28)(H,26,27). The summed E-state index contributed by atoms with van der Waals surface area (Å²) >= 11 is 2.43. The maximum atomic E-state index is 12.0. The van der Waals surface area contributed by atoms with Gasteiger partial charge in [0.25, 0.3) is 0 Å². The van der Waals surface area contributed by atoms with Gasteiger partial charge in [-0.15, -0.1) is 0 Å². The summed E-state index contributed by atoms with van der Waals surface area (Å²) in [7, 11) is 0. The van der Waals surface area contributed by atoms with Crippen molar-refractivity contribution in [1.82, 2.24) is 15.0 Å². The zero-order chi connectivity index (χ0) is 22.3. The first-order valence-corrected chi connectivity index (χ1v) is 11.5. The fourth-order valence-corrected chi connectivity index (χ4v) is 3.97. The van der Waals surface area contributed by atoms with Crippen molar-refractivity contribution in [2.24, 2.45) is 0 Å². The second-order valence-electron chi connectivity index (χ2n) is 6.76. The summed E-state index contributed by atoms with van der Waals surface area (Å²) in [6.07, 6.45) is 5.00. The summed E-state index contributed by atoms with van der Waals surface area (Å²) in [6, 6.07) is 17.2. The lowest BCUT2D eigenvalue weighted by Gasteiger charge is -2.08. The quantitative estimate of drug-likeness (QED) is 0.266. The summed E-state index contributed by atoms with van der Waals surface area (Å²) in [4.78, 5) is 37.1. The van der Waals surface area contributed by atoms with Gasteiger partial charge in [0.15, 0.2) is 10.9 Å². The smallest absolute Gasteiger partial charge is 0.186 e. The number of Topliss-reactive ketones (excluding diaryl/α,β-unsaturated/α-hetero) is 1. The van der Waals surface area contributed by atoms with Gasteiger partial charge in [-0.2, -0.15) is 0 Å². The molecule has 0 fully saturated rings. The van der Waals surface area contributed by atoms with E-state index in [2.05, 4.69) is 25.0 Å². The van der Waals surface area contributed by atoms with Gasteiger partial charge in [-0.1, -0.05) is 11.8 Å². The van der Waals surface area contributed by atoms with E-state index < -0.39 is 0 Å². The largest absolute Gasteiger partial charge is 0.339 e. The highest BCUT2D eigenvalue weighted by molar-refractivity contribution is 8.14. The molecule has 0 unspecified atom stereocenters. The van der Waals surface area contributed by atoms with E-state index >= 15 is 0 Å². The topological polar surface area (TPSA) is 96.9 Å². The lowest BCUT2D eigenvalue weighted by atomic mass is 10.2. The fraction of sp³-hybridized carbons (Fsp3) is 0.0870. The van der Waals surface area contributed by atoms with Gasteiger partial charge in [0.05, 0.1) is 23.2 Å². The summed E-state index contributed by atoms with van der Waals surface area (Å²) < 4.78 is 3.18. The normalized spacial score (nSPS) is 10.7. The third-order valence-corrected chi connectivity index (χ3v) is 5.97. The minimum absolute atomic E-state index is 0.0763. The number of anilines is 3. The first-order chi connectivity index (χ1) is 15.6. The minimum atomic E-state index is -0.115. The third-order valence-electron chi connectivity index (χ3n) is 4.36. The number of rotatable bonds is 8. The lowest BCUT2D eigenvalue weighted by molar-refractivity contribution is -0.109. The molecule has 2 N–H and O–H groups in total. The molecular weight excluding hydrogens is 442 g/mol. The Morgan fingerprint density at radius 3 is 2.62 bits per heavy atom. The molecule has 3 heterocycles. The molecule has 0 aliphatic rings. The van der Waals surface area contributed by atoms with Gasteiger partial charge in [0.2, 0.25) is 0 Å². The van der Waals surface area contributed by atoms with Gasteiger partial charge in [-0.3, -0.25) is 14.6 Å². The number of carbonyl (C=O) groups is 2. The van der Waals surface area contributed by atoms with Crippen LogP contribution in [0.3, 0.4) is 0 Å². The van der Waals surface area contributed by atoms with Crippen molar-refractivity contribution in [3.05, 3.63) is 78.8 Å². The summed E-state index contributed by atoms with van der Waals surface area (Å²) in [5, 5.41) is 4.18. The Labute approximate surface area is 193 Å². The molecule has 0 spiro atoms. The molecule has 9 heteroatoms. The second-order valence-corrected chi connectivity index (χ2v) is 8.79. The Bertz CT molecular complexity index is 1250. The van der Waals surface area contributed by atoms with Crippen molar-refractivity contribution in [2.75, 3.05) is 15.8 Å². The number of hydrogen-bond donors (Lipinski definition) is 2. The molecule has 0 atom stereocenters. The van der Waals surface area contributed by atoms with Crippen molar-refractivity contribution in [3.8, 4) is 0 Å². The van der Waals surface area contributed by atoms with E-state index in [1.165, 1.54) is 25.1 Å². The first-order valence-electron chi connectivity index (χ1n) is 9.70. The summed E-state index contributed by atoms with van der Waals surface area (Å²) in [5.41, 5.74) is 2.25. The lowest BCUT2D eigenvalue weighted by Crippen LogP contribution is -2.05. The third kappa shape index (κ3) is 5.83.